The van der Waals surface area contributed by atoms with Gasteiger partial charge in [0.1, 0.15) is 5.00 Å². The molecule has 1 N–H and O–H groups in total. The van der Waals surface area contributed by atoms with Gasteiger partial charge in [0.25, 0.3) is 5.91 Å². The largest absolute Gasteiger partial charge is 0.381 e. The third-order valence-corrected chi connectivity index (χ3v) is 5.45. The van der Waals surface area contributed by atoms with Crippen molar-refractivity contribution in [2.45, 2.75) is 33.1 Å². The number of aryl methyl sites for hydroxylation is 1. The molecule has 124 valence electrons. The minimum absolute atomic E-state index is 0.0118. The highest BCUT2D eigenvalue weighted by atomic mass is 32.1. The molecule has 0 radical (unpaired) electrons. The van der Waals surface area contributed by atoms with Crippen molar-refractivity contribution in [3.05, 3.63) is 40.5 Å². The molecule has 1 saturated carbocycles. The predicted octanol–water partition coefficient (Wildman–Crippen LogP) is 3.70. The smallest absolute Gasteiger partial charge is 0.254 e. The number of rotatable bonds is 8. The van der Waals surface area contributed by atoms with E-state index in [0.29, 0.717) is 6.54 Å². The molecule has 1 aliphatic rings. The fourth-order valence-corrected chi connectivity index (χ4v) is 3.65. The first-order valence-corrected chi connectivity index (χ1v) is 9.07. The average molecular weight is 332 g/mol. The molecule has 2 heterocycles. The van der Waals surface area contributed by atoms with Crippen LogP contribution in [0.1, 0.15) is 40.1 Å². The number of hydrogen-bond donors (Lipinski definition) is 1. The minimum atomic E-state index is 0.0118. The van der Waals surface area contributed by atoms with Gasteiger partial charge in [-0.05, 0) is 56.7 Å². The molecule has 0 aromatic carbocycles. The topological polar surface area (TPSA) is 43.3 Å². The summed E-state index contributed by atoms with van der Waals surface area (Å²) in [7, 11) is 0. The summed E-state index contributed by atoms with van der Waals surface area (Å²) in [6, 6.07) is 3.95. The predicted molar refractivity (Wildman–Crippen MR) is 93.6 cm³/mol. The van der Waals surface area contributed by atoms with Crippen LogP contribution in [0.3, 0.4) is 0 Å². The molecule has 0 atom stereocenters. The van der Waals surface area contributed by atoms with E-state index in [2.05, 4.69) is 12.2 Å². The first-order chi connectivity index (χ1) is 11.2. The van der Waals surface area contributed by atoms with Gasteiger partial charge in [-0.25, -0.2) is 0 Å². The van der Waals surface area contributed by atoms with Crippen LogP contribution in [0.25, 0.3) is 5.00 Å². The Morgan fingerprint density at radius 3 is 2.78 bits per heavy atom. The Morgan fingerprint density at radius 2 is 2.09 bits per heavy atom. The number of amides is 1. The third kappa shape index (κ3) is 4.03. The Balaban J connectivity index is 1.56. The third-order valence-electron chi connectivity index (χ3n) is 4.23. The van der Waals surface area contributed by atoms with Gasteiger partial charge < -0.3 is 14.6 Å². The van der Waals surface area contributed by atoms with E-state index in [-0.39, 0.29) is 5.91 Å². The second-order valence-corrected chi connectivity index (χ2v) is 7.38. The summed E-state index contributed by atoms with van der Waals surface area (Å²) in [6.45, 7) is 6.35. The Bertz CT molecular complexity index is 657. The lowest BCUT2D eigenvalue weighted by Gasteiger charge is -2.09. The molecule has 5 heteroatoms. The maximum atomic E-state index is 12.6. The van der Waals surface area contributed by atoms with Crippen molar-refractivity contribution in [1.29, 1.82) is 0 Å². The highest BCUT2D eigenvalue weighted by Crippen LogP contribution is 2.31. The number of nitrogens with zero attached hydrogens (tertiary/aromatic N) is 1. The highest BCUT2D eigenvalue weighted by molar-refractivity contribution is 7.15. The molecule has 2 aromatic heterocycles. The van der Waals surface area contributed by atoms with Gasteiger partial charge in [-0.3, -0.25) is 4.79 Å². The van der Waals surface area contributed by atoms with Gasteiger partial charge in [0, 0.05) is 37.0 Å². The van der Waals surface area contributed by atoms with Gasteiger partial charge in [0.15, 0.2) is 0 Å². The molecule has 0 unspecified atom stereocenters. The van der Waals surface area contributed by atoms with Crippen LogP contribution in [0, 0.1) is 19.8 Å². The maximum Gasteiger partial charge on any atom is 0.254 e. The van der Waals surface area contributed by atoms with Crippen LogP contribution in [0.5, 0.6) is 0 Å². The van der Waals surface area contributed by atoms with Gasteiger partial charge in [-0.2, -0.15) is 0 Å². The van der Waals surface area contributed by atoms with E-state index in [1.807, 2.05) is 36.0 Å². The molecule has 1 amide bonds. The molecule has 0 aliphatic heterocycles. The van der Waals surface area contributed by atoms with E-state index in [9.17, 15) is 4.79 Å². The van der Waals surface area contributed by atoms with Gasteiger partial charge in [-0.15, -0.1) is 11.3 Å². The summed E-state index contributed by atoms with van der Waals surface area (Å²) < 4.78 is 7.61. The number of nitrogens with one attached hydrogen (secondary N) is 1. The van der Waals surface area contributed by atoms with Gasteiger partial charge in [0.2, 0.25) is 0 Å². The molecule has 4 nitrogen and oxygen atoms in total. The molecule has 1 aliphatic carbocycles. The fourth-order valence-electron chi connectivity index (χ4n) is 2.53. The number of carbonyl (C=O) groups is 1. The Hall–Kier alpha value is -1.59. The summed E-state index contributed by atoms with van der Waals surface area (Å²) in [5.74, 6) is 0.808. The molecular weight excluding hydrogens is 308 g/mol. The average Bonchev–Trinajstić information content (AvgIpc) is 3.09. The summed E-state index contributed by atoms with van der Waals surface area (Å²) in [6.07, 6.45) is 7.45. The summed E-state index contributed by atoms with van der Waals surface area (Å²) in [5, 5.41) is 4.03. The first kappa shape index (κ1) is 16.3. The molecule has 1 fully saturated rings. The highest BCUT2D eigenvalue weighted by Gasteiger charge is 2.21. The van der Waals surface area contributed by atoms with Crippen molar-refractivity contribution in [3.8, 4) is 5.00 Å². The van der Waals surface area contributed by atoms with Crippen molar-refractivity contribution in [2.24, 2.45) is 5.92 Å². The van der Waals surface area contributed by atoms with Crippen LogP contribution in [-0.4, -0.2) is 30.2 Å². The zero-order valence-electron chi connectivity index (χ0n) is 13.8. The number of hydrogen-bond acceptors (Lipinski definition) is 3. The van der Waals surface area contributed by atoms with Crippen LogP contribution >= 0.6 is 11.3 Å². The van der Waals surface area contributed by atoms with E-state index in [4.69, 9.17) is 4.74 Å². The summed E-state index contributed by atoms with van der Waals surface area (Å²) in [5.41, 5.74) is 1.86. The second kappa shape index (κ2) is 7.32. The van der Waals surface area contributed by atoms with Gasteiger partial charge in [-0.1, -0.05) is 0 Å². The molecule has 3 rings (SSSR count). The van der Waals surface area contributed by atoms with Crippen LogP contribution in [-0.2, 0) is 4.74 Å². The van der Waals surface area contributed by atoms with E-state index >= 15 is 0 Å². The molecule has 2 aromatic rings. The summed E-state index contributed by atoms with van der Waals surface area (Å²) in [4.78, 5) is 13.8. The minimum Gasteiger partial charge on any atom is -0.381 e. The van der Waals surface area contributed by atoms with Crippen molar-refractivity contribution < 1.29 is 9.53 Å². The molecular formula is C18H24N2O2S. The lowest BCUT2D eigenvalue weighted by Crippen LogP contribution is -2.26. The molecule has 0 bridgehead atoms. The summed E-state index contributed by atoms with van der Waals surface area (Å²) >= 11 is 1.66. The molecule has 0 spiro atoms. The van der Waals surface area contributed by atoms with Crippen LogP contribution in [0.2, 0.25) is 0 Å². The van der Waals surface area contributed by atoms with Crippen molar-refractivity contribution in [2.75, 3.05) is 19.8 Å². The van der Waals surface area contributed by atoms with Crippen LogP contribution in [0.4, 0.5) is 0 Å². The number of carbonyl (C=O) groups excluding carboxylic acids is 1. The SMILES string of the molecule is Cc1sc(-n2cccc2)c(C(=O)NCCCOCC2CC2)c1C. The zero-order chi connectivity index (χ0) is 16.2. The van der Waals surface area contributed by atoms with Gasteiger partial charge >= 0.3 is 0 Å². The maximum absolute atomic E-state index is 12.6. The lowest BCUT2D eigenvalue weighted by molar-refractivity contribution is 0.0937. The van der Waals surface area contributed by atoms with Crippen LogP contribution in [0.15, 0.2) is 24.5 Å². The van der Waals surface area contributed by atoms with Crippen molar-refractivity contribution >= 4 is 17.2 Å². The van der Waals surface area contributed by atoms with Crippen LogP contribution < -0.4 is 5.32 Å². The first-order valence-electron chi connectivity index (χ1n) is 8.26. The van der Waals surface area contributed by atoms with Gasteiger partial charge in [0.05, 0.1) is 5.56 Å². The number of ether oxygens (including phenoxy) is 1. The monoisotopic (exact) mass is 332 g/mol. The van der Waals surface area contributed by atoms with E-state index < -0.39 is 0 Å². The normalized spacial score (nSPS) is 14.2. The molecule has 0 saturated heterocycles. The zero-order valence-corrected chi connectivity index (χ0v) is 14.6. The number of aromatic nitrogens is 1. The Kier molecular flexibility index (Phi) is 5.18. The second-order valence-electron chi connectivity index (χ2n) is 6.18. The number of thiophene rings is 1. The fraction of sp³-hybridized carbons (Fsp3) is 0.500. The van der Waals surface area contributed by atoms with E-state index in [1.165, 1.54) is 17.7 Å². The Labute approximate surface area is 141 Å². The lowest BCUT2D eigenvalue weighted by atomic mass is 10.1. The standard InChI is InChI=1S/C18H24N2O2S/c1-13-14(2)23-18(20-9-3-4-10-20)16(13)17(21)19-8-5-11-22-12-15-6-7-15/h3-4,9-10,15H,5-8,11-12H2,1-2H3,(H,19,21). The van der Waals surface area contributed by atoms with E-state index in [1.54, 1.807) is 11.3 Å². The van der Waals surface area contributed by atoms with Crippen molar-refractivity contribution in [1.82, 2.24) is 9.88 Å². The van der Waals surface area contributed by atoms with Crippen molar-refractivity contribution in [3.63, 3.8) is 0 Å². The Morgan fingerprint density at radius 1 is 1.35 bits per heavy atom. The molecule has 23 heavy (non-hydrogen) atoms. The van der Waals surface area contributed by atoms with E-state index in [0.717, 1.165) is 41.7 Å². The quantitative estimate of drug-likeness (QED) is 0.749.